The summed E-state index contributed by atoms with van der Waals surface area (Å²) in [7, 11) is 1.62. The van der Waals surface area contributed by atoms with E-state index >= 15 is 0 Å². The molecule has 0 radical (unpaired) electrons. The molecule has 112 valence electrons. The Morgan fingerprint density at radius 1 is 1.55 bits per heavy atom. The van der Waals surface area contributed by atoms with Gasteiger partial charge in [-0.3, -0.25) is 5.41 Å². The topological polar surface area (TPSA) is 58.9 Å². The van der Waals surface area contributed by atoms with Crippen LogP contribution in [-0.2, 0) is 17.6 Å². The second-order valence-corrected chi connectivity index (χ2v) is 8.24. The van der Waals surface area contributed by atoms with Crippen LogP contribution in [0.1, 0.15) is 19.4 Å². The predicted octanol–water partition coefficient (Wildman–Crippen LogP) is 3.51. The van der Waals surface area contributed by atoms with E-state index in [0.29, 0.717) is 16.5 Å². The fourth-order valence-electron chi connectivity index (χ4n) is 1.66. The lowest BCUT2D eigenvalue weighted by atomic mass is 10.1. The number of halogens is 3. The van der Waals surface area contributed by atoms with E-state index in [1.807, 2.05) is 0 Å². The maximum absolute atomic E-state index is 13.8. The molecule has 1 aromatic carbocycles. The van der Waals surface area contributed by atoms with Crippen molar-refractivity contribution >= 4 is 44.5 Å². The molecule has 0 amide bonds. The van der Waals surface area contributed by atoms with Gasteiger partial charge in [-0.25, -0.2) is 4.39 Å². The first-order valence-corrected chi connectivity index (χ1v) is 8.47. The summed E-state index contributed by atoms with van der Waals surface area (Å²) in [4.78, 5) is 0. The molecule has 0 aliphatic carbocycles. The Morgan fingerprint density at radius 2 is 2.15 bits per heavy atom. The molecule has 0 bridgehead atoms. The highest BCUT2D eigenvalue weighted by Crippen LogP contribution is 2.26. The highest BCUT2D eigenvalue weighted by molar-refractivity contribution is 9.10. The SMILES string of the molecule is CNC(=N)C(C)(C)[S+]([O-])CCc1cc(Br)cc(Cl)c1F. The molecule has 3 nitrogen and oxygen atoms in total. The minimum atomic E-state index is -1.29. The minimum absolute atomic E-state index is 0.0439. The number of hydrogen-bond acceptors (Lipinski definition) is 2. The monoisotopic (exact) mass is 382 g/mol. The second kappa shape index (κ2) is 7.11. The van der Waals surface area contributed by atoms with Crippen molar-refractivity contribution in [2.24, 2.45) is 0 Å². The van der Waals surface area contributed by atoms with Crippen LogP contribution < -0.4 is 5.32 Å². The Morgan fingerprint density at radius 3 is 2.70 bits per heavy atom. The van der Waals surface area contributed by atoms with Crippen LogP contribution in [0.5, 0.6) is 0 Å². The maximum atomic E-state index is 13.8. The summed E-state index contributed by atoms with van der Waals surface area (Å²) in [5, 5.41) is 10.5. The molecule has 0 aliphatic rings. The summed E-state index contributed by atoms with van der Waals surface area (Å²) >= 11 is 7.73. The number of aryl methyl sites for hydroxylation is 1. The lowest BCUT2D eigenvalue weighted by Crippen LogP contribution is -2.47. The van der Waals surface area contributed by atoms with Crippen molar-refractivity contribution in [2.75, 3.05) is 12.8 Å². The van der Waals surface area contributed by atoms with E-state index in [4.69, 9.17) is 17.0 Å². The van der Waals surface area contributed by atoms with Crippen LogP contribution in [-0.4, -0.2) is 27.9 Å². The fourth-order valence-corrected chi connectivity index (χ4v) is 3.79. The number of benzene rings is 1. The van der Waals surface area contributed by atoms with Gasteiger partial charge in [-0.2, -0.15) is 0 Å². The van der Waals surface area contributed by atoms with Crippen LogP contribution in [0.15, 0.2) is 16.6 Å². The van der Waals surface area contributed by atoms with E-state index in [2.05, 4.69) is 21.2 Å². The Bertz CT molecular complexity index is 513. The highest BCUT2D eigenvalue weighted by atomic mass is 79.9. The molecule has 0 fully saturated rings. The molecule has 0 aliphatic heterocycles. The summed E-state index contributed by atoms with van der Waals surface area (Å²) in [5.74, 6) is -0.0160. The fraction of sp³-hybridized carbons (Fsp3) is 0.462. The van der Waals surface area contributed by atoms with E-state index in [-0.39, 0.29) is 16.6 Å². The zero-order chi connectivity index (χ0) is 15.5. The smallest absolute Gasteiger partial charge is 0.175 e. The summed E-state index contributed by atoms with van der Waals surface area (Å²) in [6.07, 6.45) is 0.304. The molecule has 0 heterocycles. The van der Waals surface area contributed by atoms with Gasteiger partial charge in [-0.05, 0) is 42.7 Å². The lowest BCUT2D eigenvalue weighted by Gasteiger charge is -2.29. The Balaban J connectivity index is 2.80. The molecule has 1 aromatic rings. The van der Waals surface area contributed by atoms with Gasteiger partial charge in [0, 0.05) is 17.9 Å². The van der Waals surface area contributed by atoms with Crippen LogP contribution in [0.4, 0.5) is 4.39 Å². The lowest BCUT2D eigenvalue weighted by molar-refractivity contribution is 0.571. The van der Waals surface area contributed by atoms with Crippen molar-refractivity contribution in [3.8, 4) is 0 Å². The summed E-state index contributed by atoms with van der Waals surface area (Å²) in [6.45, 7) is 3.46. The third-order valence-electron chi connectivity index (χ3n) is 3.05. The zero-order valence-corrected chi connectivity index (χ0v) is 14.7. The van der Waals surface area contributed by atoms with Gasteiger partial charge in [0.15, 0.2) is 4.75 Å². The molecule has 1 unspecified atom stereocenters. The van der Waals surface area contributed by atoms with Crippen LogP contribution in [0, 0.1) is 11.2 Å². The van der Waals surface area contributed by atoms with E-state index in [0.717, 1.165) is 0 Å². The van der Waals surface area contributed by atoms with E-state index < -0.39 is 21.7 Å². The first-order chi connectivity index (χ1) is 9.20. The predicted molar refractivity (Wildman–Crippen MR) is 86.7 cm³/mol. The Labute approximate surface area is 135 Å². The number of hydrogen-bond donors (Lipinski definition) is 2. The van der Waals surface area contributed by atoms with Gasteiger partial charge in [0.25, 0.3) is 0 Å². The van der Waals surface area contributed by atoms with Gasteiger partial charge in [0.2, 0.25) is 0 Å². The van der Waals surface area contributed by atoms with Crippen molar-refractivity contribution in [2.45, 2.75) is 25.0 Å². The molecule has 0 spiro atoms. The van der Waals surface area contributed by atoms with Crippen molar-refractivity contribution < 1.29 is 8.94 Å². The average molecular weight is 384 g/mol. The Hall–Kier alpha value is -0.300. The third kappa shape index (κ3) is 4.10. The van der Waals surface area contributed by atoms with Crippen LogP contribution >= 0.6 is 27.5 Å². The standard InChI is InChI=1S/C13H17BrClFN2OS/c1-13(2,12(17)18-3)20(19)5-4-8-6-9(14)7-10(15)11(8)16/h6-7H,4-5H2,1-3H3,(H2,17,18). The zero-order valence-electron chi connectivity index (χ0n) is 11.5. The van der Waals surface area contributed by atoms with Crippen molar-refractivity contribution in [1.29, 1.82) is 5.41 Å². The number of nitrogens with one attached hydrogen (secondary N) is 2. The van der Waals surface area contributed by atoms with Crippen molar-refractivity contribution in [3.63, 3.8) is 0 Å². The van der Waals surface area contributed by atoms with Gasteiger partial charge >= 0.3 is 0 Å². The van der Waals surface area contributed by atoms with Gasteiger partial charge in [-0.1, -0.05) is 27.5 Å². The third-order valence-corrected chi connectivity index (χ3v) is 5.70. The molecule has 0 saturated heterocycles. The molecule has 20 heavy (non-hydrogen) atoms. The van der Waals surface area contributed by atoms with Crippen LogP contribution in [0.3, 0.4) is 0 Å². The van der Waals surface area contributed by atoms with Crippen LogP contribution in [0.25, 0.3) is 0 Å². The molecule has 2 N–H and O–H groups in total. The van der Waals surface area contributed by atoms with E-state index in [1.54, 1.807) is 27.0 Å². The largest absolute Gasteiger partial charge is 0.616 e. The summed E-state index contributed by atoms with van der Waals surface area (Å²) in [5.41, 5.74) is 0.421. The molecular weight excluding hydrogens is 367 g/mol. The first-order valence-electron chi connectivity index (χ1n) is 5.98. The normalized spacial score (nSPS) is 13.2. The van der Waals surface area contributed by atoms with E-state index in [1.165, 1.54) is 6.07 Å². The number of rotatable bonds is 5. The highest BCUT2D eigenvalue weighted by Gasteiger charge is 2.36. The first kappa shape index (κ1) is 17.8. The molecule has 1 rings (SSSR count). The van der Waals surface area contributed by atoms with Crippen LogP contribution in [0.2, 0.25) is 5.02 Å². The molecule has 0 saturated carbocycles. The van der Waals surface area contributed by atoms with Gasteiger partial charge in [0.05, 0.1) is 5.02 Å². The second-order valence-electron chi connectivity index (χ2n) is 4.80. The van der Waals surface area contributed by atoms with Gasteiger partial charge in [0.1, 0.15) is 17.4 Å². The molecule has 7 heteroatoms. The average Bonchev–Trinajstić information content (AvgIpc) is 2.39. The van der Waals surface area contributed by atoms with Crippen molar-refractivity contribution in [1.82, 2.24) is 5.32 Å². The minimum Gasteiger partial charge on any atom is -0.616 e. The molecule has 1 atom stereocenters. The van der Waals surface area contributed by atoms with Crippen molar-refractivity contribution in [3.05, 3.63) is 33.0 Å². The molecule has 0 aromatic heterocycles. The Kier molecular flexibility index (Phi) is 6.31. The van der Waals surface area contributed by atoms with Gasteiger partial charge < -0.3 is 9.87 Å². The van der Waals surface area contributed by atoms with E-state index in [9.17, 15) is 8.94 Å². The summed E-state index contributed by atoms with van der Waals surface area (Å²) < 4.78 is 26.0. The number of amidine groups is 1. The quantitative estimate of drug-likeness (QED) is 0.354. The summed E-state index contributed by atoms with van der Waals surface area (Å²) in [6, 6.07) is 3.12. The maximum Gasteiger partial charge on any atom is 0.175 e. The molecular formula is C13H17BrClFN2OS. The van der Waals surface area contributed by atoms with Gasteiger partial charge in [-0.15, -0.1) is 0 Å².